The van der Waals surface area contributed by atoms with Crippen LogP contribution < -0.4 is 10.5 Å². The highest BCUT2D eigenvalue weighted by Crippen LogP contribution is 2.12. The number of carbonyl (C=O) groups is 1. The highest BCUT2D eigenvalue weighted by Gasteiger charge is 2.13. The Morgan fingerprint density at radius 3 is 2.93 bits per heavy atom. The summed E-state index contributed by atoms with van der Waals surface area (Å²) in [6, 6.07) is 3.29. The first kappa shape index (κ1) is 9.20. The van der Waals surface area contributed by atoms with E-state index in [1.807, 2.05) is 0 Å². The number of ether oxygens (including phenoxy) is 1. The van der Waals surface area contributed by atoms with Gasteiger partial charge in [-0.3, -0.25) is 10.1 Å². The molecule has 2 heterocycles. The van der Waals surface area contributed by atoms with Crippen LogP contribution in [0.25, 0.3) is 0 Å². The molecule has 0 amide bonds. The average Bonchev–Trinajstić information content (AvgIpc) is 2.66. The molecule has 0 radical (unpaired) electrons. The first-order valence-electron chi connectivity index (χ1n) is 4.18. The number of hydrogen-bond acceptors (Lipinski definition) is 5. The molecule has 0 aliphatic rings. The Labute approximate surface area is 85.1 Å². The summed E-state index contributed by atoms with van der Waals surface area (Å²) in [6.07, 6.45) is 4.37. The van der Waals surface area contributed by atoms with Crippen LogP contribution in [0.2, 0.25) is 0 Å². The van der Waals surface area contributed by atoms with Gasteiger partial charge in [-0.1, -0.05) is 0 Å². The molecule has 15 heavy (non-hydrogen) atoms. The predicted octanol–water partition coefficient (Wildman–Crippen LogP) is 0.606. The number of anilines is 1. The molecule has 0 fully saturated rings. The number of carbonyl (C=O) groups excluding carboxylic acids is 1. The lowest BCUT2D eigenvalue weighted by atomic mass is 10.4. The van der Waals surface area contributed by atoms with Gasteiger partial charge in [0.2, 0.25) is 0 Å². The zero-order chi connectivity index (χ0) is 10.7. The number of aromatic nitrogens is 3. The van der Waals surface area contributed by atoms with E-state index in [0.29, 0.717) is 5.75 Å². The van der Waals surface area contributed by atoms with Crippen molar-refractivity contribution in [2.75, 3.05) is 5.73 Å². The Bertz CT molecular complexity index is 466. The second-order valence-corrected chi connectivity index (χ2v) is 2.78. The fourth-order valence-electron chi connectivity index (χ4n) is 1.02. The van der Waals surface area contributed by atoms with Crippen LogP contribution in [0.5, 0.6) is 5.75 Å². The fraction of sp³-hybridized carbons (Fsp3) is 0. The van der Waals surface area contributed by atoms with Gasteiger partial charge in [-0.25, -0.2) is 4.79 Å². The van der Waals surface area contributed by atoms with Crippen LogP contribution in [-0.2, 0) is 0 Å². The fourth-order valence-corrected chi connectivity index (χ4v) is 1.02. The first-order chi connectivity index (χ1) is 7.27. The van der Waals surface area contributed by atoms with E-state index < -0.39 is 5.97 Å². The summed E-state index contributed by atoms with van der Waals surface area (Å²) < 4.78 is 4.99. The van der Waals surface area contributed by atoms with Crippen LogP contribution in [0.1, 0.15) is 10.5 Å². The van der Waals surface area contributed by atoms with Gasteiger partial charge >= 0.3 is 5.97 Å². The van der Waals surface area contributed by atoms with E-state index in [-0.39, 0.29) is 11.4 Å². The van der Waals surface area contributed by atoms with Crippen molar-refractivity contribution in [3.63, 3.8) is 0 Å². The number of nitrogens with two attached hydrogens (primary N) is 1. The molecule has 0 saturated heterocycles. The third-order valence-corrected chi connectivity index (χ3v) is 1.72. The smallest absolute Gasteiger partial charge is 0.363 e. The van der Waals surface area contributed by atoms with Crippen molar-refractivity contribution in [1.82, 2.24) is 15.2 Å². The topological polar surface area (TPSA) is 93.9 Å². The number of H-pyrrole nitrogens is 1. The van der Waals surface area contributed by atoms with Gasteiger partial charge in [0.25, 0.3) is 0 Å². The minimum absolute atomic E-state index is 0.138. The molecular formula is C9H8N4O2. The van der Waals surface area contributed by atoms with Crippen molar-refractivity contribution < 1.29 is 9.53 Å². The second kappa shape index (κ2) is 3.79. The van der Waals surface area contributed by atoms with Crippen molar-refractivity contribution in [1.29, 1.82) is 0 Å². The van der Waals surface area contributed by atoms with Gasteiger partial charge in [-0.05, 0) is 12.1 Å². The molecule has 0 atom stereocenters. The summed E-state index contributed by atoms with van der Waals surface area (Å²) in [5.41, 5.74) is 5.88. The molecule has 2 aromatic heterocycles. The molecular weight excluding hydrogens is 196 g/mol. The molecule has 0 aliphatic heterocycles. The van der Waals surface area contributed by atoms with E-state index in [1.165, 1.54) is 12.4 Å². The summed E-state index contributed by atoms with van der Waals surface area (Å²) in [5.74, 6) is -0.227. The van der Waals surface area contributed by atoms with E-state index in [2.05, 4.69) is 15.2 Å². The van der Waals surface area contributed by atoms with Gasteiger partial charge in [-0.2, -0.15) is 5.10 Å². The predicted molar refractivity (Wildman–Crippen MR) is 52.2 cm³/mol. The number of nitrogen functional groups attached to an aromatic ring is 1. The zero-order valence-electron chi connectivity index (χ0n) is 7.68. The van der Waals surface area contributed by atoms with Crippen LogP contribution in [0.3, 0.4) is 0 Å². The maximum absolute atomic E-state index is 11.5. The number of pyridine rings is 1. The van der Waals surface area contributed by atoms with Gasteiger partial charge in [0.1, 0.15) is 5.75 Å². The summed E-state index contributed by atoms with van der Waals surface area (Å²) in [5, 5.41) is 6.07. The number of aromatic amines is 1. The molecule has 0 saturated carbocycles. The van der Waals surface area contributed by atoms with Crippen molar-refractivity contribution in [3.8, 4) is 5.75 Å². The Morgan fingerprint density at radius 1 is 1.47 bits per heavy atom. The molecule has 3 N–H and O–H groups in total. The SMILES string of the molecule is Nc1cn[nH]c1C(=O)Oc1cccnc1. The van der Waals surface area contributed by atoms with Gasteiger partial charge in [0, 0.05) is 6.20 Å². The zero-order valence-corrected chi connectivity index (χ0v) is 7.68. The van der Waals surface area contributed by atoms with E-state index in [1.54, 1.807) is 18.3 Å². The largest absolute Gasteiger partial charge is 0.420 e. The third-order valence-electron chi connectivity index (χ3n) is 1.72. The molecule has 0 spiro atoms. The molecule has 6 nitrogen and oxygen atoms in total. The highest BCUT2D eigenvalue weighted by atomic mass is 16.5. The molecule has 0 aromatic carbocycles. The summed E-state index contributed by atoms with van der Waals surface area (Å²) in [7, 11) is 0. The molecule has 2 aromatic rings. The molecule has 0 unspecified atom stereocenters. The Balaban J connectivity index is 2.15. The lowest BCUT2D eigenvalue weighted by Gasteiger charge is -2.01. The van der Waals surface area contributed by atoms with Crippen LogP contribution >= 0.6 is 0 Å². The lowest BCUT2D eigenvalue weighted by Crippen LogP contribution is -2.11. The van der Waals surface area contributed by atoms with E-state index in [9.17, 15) is 4.79 Å². The van der Waals surface area contributed by atoms with Crippen molar-refractivity contribution in [2.24, 2.45) is 0 Å². The molecule has 0 bridgehead atoms. The Hall–Kier alpha value is -2.37. The maximum atomic E-state index is 11.5. The van der Waals surface area contributed by atoms with Crippen molar-refractivity contribution >= 4 is 11.7 Å². The van der Waals surface area contributed by atoms with E-state index in [0.717, 1.165) is 0 Å². The average molecular weight is 204 g/mol. The molecule has 0 aliphatic carbocycles. The number of nitrogens with one attached hydrogen (secondary N) is 1. The third kappa shape index (κ3) is 1.93. The highest BCUT2D eigenvalue weighted by molar-refractivity contribution is 5.93. The maximum Gasteiger partial charge on any atom is 0.363 e. The monoisotopic (exact) mass is 204 g/mol. The van der Waals surface area contributed by atoms with Crippen molar-refractivity contribution in [2.45, 2.75) is 0 Å². The van der Waals surface area contributed by atoms with Crippen molar-refractivity contribution in [3.05, 3.63) is 36.4 Å². The standard InChI is InChI=1S/C9H8N4O2/c10-7-5-12-13-8(7)9(14)15-6-2-1-3-11-4-6/h1-5H,10H2,(H,12,13). The summed E-state index contributed by atoms with van der Waals surface area (Å²) in [6.45, 7) is 0. The van der Waals surface area contributed by atoms with Crippen LogP contribution in [-0.4, -0.2) is 21.2 Å². The number of rotatable bonds is 2. The number of esters is 1. The Kier molecular flexibility index (Phi) is 2.32. The van der Waals surface area contributed by atoms with Crippen LogP contribution in [0.15, 0.2) is 30.7 Å². The summed E-state index contributed by atoms with van der Waals surface area (Å²) >= 11 is 0. The van der Waals surface area contributed by atoms with E-state index in [4.69, 9.17) is 10.5 Å². The van der Waals surface area contributed by atoms with Gasteiger partial charge < -0.3 is 10.5 Å². The van der Waals surface area contributed by atoms with Crippen LogP contribution in [0.4, 0.5) is 5.69 Å². The molecule has 2 rings (SSSR count). The molecule has 6 heteroatoms. The second-order valence-electron chi connectivity index (χ2n) is 2.78. The quantitative estimate of drug-likeness (QED) is 0.699. The minimum atomic E-state index is -0.585. The van der Waals surface area contributed by atoms with E-state index >= 15 is 0 Å². The summed E-state index contributed by atoms with van der Waals surface area (Å²) in [4.78, 5) is 15.3. The number of hydrogen-bond donors (Lipinski definition) is 2. The van der Waals surface area contributed by atoms with Gasteiger partial charge in [0.05, 0.1) is 18.1 Å². The molecule has 76 valence electrons. The normalized spacial score (nSPS) is 9.87. The van der Waals surface area contributed by atoms with Crippen LogP contribution in [0, 0.1) is 0 Å². The van der Waals surface area contributed by atoms with Gasteiger partial charge in [-0.15, -0.1) is 0 Å². The first-order valence-corrected chi connectivity index (χ1v) is 4.18. The number of nitrogens with zero attached hydrogens (tertiary/aromatic N) is 2. The minimum Gasteiger partial charge on any atom is -0.420 e. The lowest BCUT2D eigenvalue weighted by molar-refractivity contribution is 0.0729. The Morgan fingerprint density at radius 2 is 2.33 bits per heavy atom. The van der Waals surface area contributed by atoms with Gasteiger partial charge in [0.15, 0.2) is 5.69 Å².